The van der Waals surface area contributed by atoms with Crippen LogP contribution in [0.3, 0.4) is 0 Å². The first-order chi connectivity index (χ1) is 9.73. The van der Waals surface area contributed by atoms with Gasteiger partial charge in [0.05, 0.1) is 6.61 Å². The van der Waals surface area contributed by atoms with Crippen LogP contribution in [0, 0.1) is 0 Å². The molecule has 1 aliphatic heterocycles. The molecule has 0 amide bonds. The van der Waals surface area contributed by atoms with Gasteiger partial charge in [-0.25, -0.2) is 4.98 Å². The molecule has 1 saturated heterocycles. The van der Waals surface area contributed by atoms with E-state index in [0.717, 1.165) is 44.3 Å². The number of ether oxygens (including phenoxy) is 2. The molecule has 5 nitrogen and oxygen atoms in total. The minimum atomic E-state index is -0.146. The molecule has 0 spiro atoms. The van der Waals surface area contributed by atoms with Crippen molar-refractivity contribution in [2.75, 3.05) is 44.9 Å². The molecular weight excluding hydrogens is 274 g/mol. The average Bonchev–Trinajstić information content (AvgIpc) is 3.11. The Balaban J connectivity index is 1.82. The van der Waals surface area contributed by atoms with E-state index in [2.05, 4.69) is 29.0 Å². The van der Waals surface area contributed by atoms with E-state index in [1.54, 1.807) is 18.4 Å². The fraction of sp³-hybridized carbons (Fsp3) is 0.786. The van der Waals surface area contributed by atoms with Crippen molar-refractivity contribution < 1.29 is 9.47 Å². The smallest absolute Gasteiger partial charge is 0.185 e. The van der Waals surface area contributed by atoms with Gasteiger partial charge in [0.2, 0.25) is 0 Å². The van der Waals surface area contributed by atoms with Gasteiger partial charge in [0.1, 0.15) is 5.60 Å². The highest BCUT2D eigenvalue weighted by Gasteiger charge is 2.34. The van der Waals surface area contributed by atoms with Crippen LogP contribution in [0.1, 0.15) is 25.1 Å². The van der Waals surface area contributed by atoms with E-state index < -0.39 is 0 Å². The van der Waals surface area contributed by atoms with Crippen molar-refractivity contribution in [3.05, 3.63) is 11.1 Å². The summed E-state index contributed by atoms with van der Waals surface area (Å²) in [6.45, 7) is 9.46. The van der Waals surface area contributed by atoms with Crippen LogP contribution in [0.4, 0.5) is 5.13 Å². The van der Waals surface area contributed by atoms with Gasteiger partial charge < -0.3 is 19.7 Å². The quantitative estimate of drug-likeness (QED) is 0.794. The topological polar surface area (TPSA) is 46.6 Å². The predicted octanol–water partition coefficient (Wildman–Crippen LogP) is 1.88. The third-order valence-corrected chi connectivity index (χ3v) is 4.88. The molecule has 20 heavy (non-hydrogen) atoms. The summed E-state index contributed by atoms with van der Waals surface area (Å²) < 4.78 is 11.0. The van der Waals surface area contributed by atoms with E-state index in [0.29, 0.717) is 6.61 Å². The fourth-order valence-corrected chi connectivity index (χ4v) is 3.40. The number of methoxy groups -OCH3 is 1. The van der Waals surface area contributed by atoms with Gasteiger partial charge in [0.15, 0.2) is 5.13 Å². The third-order valence-electron chi connectivity index (χ3n) is 3.82. The fourth-order valence-electron chi connectivity index (χ4n) is 2.39. The molecule has 6 heteroatoms. The highest BCUT2D eigenvalue weighted by molar-refractivity contribution is 7.15. The van der Waals surface area contributed by atoms with Gasteiger partial charge in [-0.3, -0.25) is 0 Å². The van der Waals surface area contributed by atoms with Crippen LogP contribution in [0.25, 0.3) is 0 Å². The van der Waals surface area contributed by atoms with Crippen LogP contribution < -0.4 is 10.2 Å². The van der Waals surface area contributed by atoms with E-state index in [4.69, 9.17) is 9.47 Å². The van der Waals surface area contributed by atoms with Gasteiger partial charge in [-0.15, -0.1) is 11.3 Å². The molecule has 0 aliphatic carbocycles. The Morgan fingerprint density at radius 3 is 2.90 bits per heavy atom. The van der Waals surface area contributed by atoms with Gasteiger partial charge in [-0.05, 0) is 13.8 Å². The van der Waals surface area contributed by atoms with Gasteiger partial charge in [-0.1, -0.05) is 0 Å². The zero-order chi connectivity index (χ0) is 14.4. The summed E-state index contributed by atoms with van der Waals surface area (Å²) in [5.74, 6) is 0. The van der Waals surface area contributed by atoms with Crippen LogP contribution in [0.2, 0.25) is 0 Å². The maximum Gasteiger partial charge on any atom is 0.185 e. The molecule has 1 fully saturated rings. The predicted molar refractivity (Wildman–Crippen MR) is 82.6 cm³/mol. The van der Waals surface area contributed by atoms with Crippen LogP contribution in [0.15, 0.2) is 6.20 Å². The third kappa shape index (κ3) is 3.69. The Morgan fingerprint density at radius 2 is 2.30 bits per heavy atom. The van der Waals surface area contributed by atoms with Crippen LogP contribution >= 0.6 is 11.3 Å². The second-order valence-corrected chi connectivity index (χ2v) is 6.17. The van der Waals surface area contributed by atoms with Crippen LogP contribution in [-0.4, -0.2) is 50.5 Å². The van der Waals surface area contributed by atoms with Gasteiger partial charge >= 0.3 is 0 Å². The summed E-state index contributed by atoms with van der Waals surface area (Å²) in [6.07, 6.45) is 2.93. The highest BCUT2D eigenvalue weighted by atomic mass is 32.1. The first-order valence-corrected chi connectivity index (χ1v) is 8.08. The molecule has 1 aliphatic rings. The van der Waals surface area contributed by atoms with Crippen molar-refractivity contribution in [2.24, 2.45) is 0 Å². The molecule has 1 atom stereocenters. The van der Waals surface area contributed by atoms with Gasteiger partial charge in [0, 0.05) is 57.4 Å². The number of anilines is 1. The number of nitrogens with one attached hydrogen (secondary N) is 1. The molecular formula is C14H25N3O2S. The number of hydrogen-bond acceptors (Lipinski definition) is 6. The lowest BCUT2D eigenvalue weighted by atomic mass is 10.0. The molecule has 0 saturated carbocycles. The van der Waals surface area contributed by atoms with E-state index >= 15 is 0 Å². The lowest BCUT2D eigenvalue weighted by Crippen LogP contribution is -2.42. The van der Waals surface area contributed by atoms with E-state index in [-0.39, 0.29) is 5.60 Å². The van der Waals surface area contributed by atoms with Crippen molar-refractivity contribution in [1.82, 2.24) is 10.3 Å². The zero-order valence-electron chi connectivity index (χ0n) is 12.6. The average molecular weight is 299 g/mol. The van der Waals surface area contributed by atoms with Crippen LogP contribution in [-0.2, 0) is 16.0 Å². The molecule has 114 valence electrons. The first-order valence-electron chi connectivity index (χ1n) is 7.26. The van der Waals surface area contributed by atoms with Crippen molar-refractivity contribution >= 4 is 16.5 Å². The summed E-state index contributed by atoms with van der Waals surface area (Å²) in [5, 5.41) is 4.58. The number of rotatable bonds is 8. The Hall–Kier alpha value is -0.690. The number of hydrogen-bond donors (Lipinski definition) is 1. The van der Waals surface area contributed by atoms with Gasteiger partial charge in [0.25, 0.3) is 0 Å². The van der Waals surface area contributed by atoms with Crippen molar-refractivity contribution in [3.63, 3.8) is 0 Å². The highest BCUT2D eigenvalue weighted by Crippen LogP contribution is 2.24. The summed E-state index contributed by atoms with van der Waals surface area (Å²) >= 11 is 1.76. The summed E-state index contributed by atoms with van der Waals surface area (Å²) in [5.41, 5.74) is -0.146. The van der Waals surface area contributed by atoms with Crippen LogP contribution in [0.5, 0.6) is 0 Å². The largest absolute Gasteiger partial charge is 0.378 e. The standard InChI is InChI=1S/C14H25N3O2S/c1-4-17(5-2)13-16-9-12(20-13)8-15-10-14(18-3)6-7-19-11-14/h9,15H,4-8,10-11H2,1-3H3. The maximum atomic E-state index is 5.61. The first kappa shape index (κ1) is 15.7. The molecule has 1 aromatic heterocycles. The maximum absolute atomic E-state index is 5.61. The Bertz CT molecular complexity index is 401. The Morgan fingerprint density at radius 1 is 1.50 bits per heavy atom. The molecule has 0 bridgehead atoms. The number of aromatic nitrogens is 1. The second kappa shape index (κ2) is 7.36. The minimum absolute atomic E-state index is 0.146. The van der Waals surface area contributed by atoms with E-state index in [9.17, 15) is 0 Å². The van der Waals surface area contributed by atoms with E-state index in [1.165, 1.54) is 4.88 Å². The SMILES string of the molecule is CCN(CC)c1ncc(CNCC2(OC)CCOC2)s1. The minimum Gasteiger partial charge on any atom is -0.378 e. The van der Waals surface area contributed by atoms with Crippen molar-refractivity contribution in [3.8, 4) is 0 Å². The monoisotopic (exact) mass is 299 g/mol. The molecule has 0 aromatic carbocycles. The summed E-state index contributed by atoms with van der Waals surface area (Å²) in [7, 11) is 1.77. The molecule has 1 aromatic rings. The second-order valence-electron chi connectivity index (χ2n) is 5.07. The normalized spacial score (nSPS) is 22.4. The van der Waals surface area contributed by atoms with Crippen molar-refractivity contribution in [2.45, 2.75) is 32.4 Å². The lowest BCUT2D eigenvalue weighted by Gasteiger charge is -2.25. The summed E-state index contributed by atoms with van der Waals surface area (Å²) in [4.78, 5) is 8.03. The molecule has 0 radical (unpaired) electrons. The molecule has 1 unspecified atom stereocenters. The van der Waals surface area contributed by atoms with E-state index in [1.807, 2.05) is 6.20 Å². The Labute approximate surface area is 125 Å². The number of nitrogens with zero attached hydrogens (tertiary/aromatic N) is 2. The Kier molecular flexibility index (Phi) is 5.77. The van der Waals surface area contributed by atoms with Crippen molar-refractivity contribution in [1.29, 1.82) is 0 Å². The lowest BCUT2D eigenvalue weighted by molar-refractivity contribution is -0.0159. The van der Waals surface area contributed by atoms with Gasteiger partial charge in [-0.2, -0.15) is 0 Å². The summed E-state index contributed by atoms with van der Waals surface area (Å²) in [6, 6.07) is 0. The zero-order valence-corrected chi connectivity index (χ0v) is 13.5. The number of thiazole rings is 1. The molecule has 1 N–H and O–H groups in total. The molecule has 2 rings (SSSR count). The molecule has 2 heterocycles.